The predicted octanol–water partition coefficient (Wildman–Crippen LogP) is 4.38. The van der Waals surface area contributed by atoms with E-state index in [4.69, 9.17) is 0 Å². The molecule has 0 bridgehead atoms. The summed E-state index contributed by atoms with van der Waals surface area (Å²) in [7, 11) is 0. The maximum atomic E-state index is 13.1. The SMILES string of the molecule is C=C(C)C[C@@H](c1cc(Br)cc(C(F)(F)F)c1)N1CCNCC1. The molecule has 0 spiro atoms. The molecule has 0 amide bonds. The molecular weight excluding hydrogens is 357 g/mol. The molecule has 2 nitrogen and oxygen atoms in total. The molecule has 1 atom stereocenters. The van der Waals surface area contributed by atoms with Gasteiger partial charge in [-0.05, 0) is 37.1 Å². The highest BCUT2D eigenvalue weighted by Crippen LogP contribution is 2.36. The van der Waals surface area contributed by atoms with Crippen LogP contribution in [0, 0.1) is 0 Å². The highest BCUT2D eigenvalue weighted by atomic mass is 79.9. The predicted molar refractivity (Wildman–Crippen MR) is 85.8 cm³/mol. The number of nitrogens with zero attached hydrogens (tertiary/aromatic N) is 1. The summed E-state index contributed by atoms with van der Waals surface area (Å²) in [6.07, 6.45) is -3.68. The van der Waals surface area contributed by atoms with Crippen molar-refractivity contribution in [2.24, 2.45) is 0 Å². The molecule has 1 N–H and O–H groups in total. The molecule has 0 saturated carbocycles. The third-order valence-electron chi connectivity index (χ3n) is 3.77. The zero-order chi connectivity index (χ0) is 16.3. The molecule has 0 radical (unpaired) electrons. The Hall–Kier alpha value is -0.850. The van der Waals surface area contributed by atoms with Crippen molar-refractivity contribution in [1.82, 2.24) is 10.2 Å². The normalized spacial score (nSPS) is 18.2. The van der Waals surface area contributed by atoms with E-state index in [0.717, 1.165) is 37.8 Å². The number of halogens is 4. The maximum absolute atomic E-state index is 13.1. The first-order valence-electron chi connectivity index (χ1n) is 7.24. The van der Waals surface area contributed by atoms with Crippen LogP contribution in [-0.2, 0) is 6.18 Å². The van der Waals surface area contributed by atoms with Crippen LogP contribution < -0.4 is 5.32 Å². The maximum Gasteiger partial charge on any atom is 0.416 e. The average Bonchev–Trinajstić information content (AvgIpc) is 2.44. The Morgan fingerprint density at radius 2 is 1.95 bits per heavy atom. The first-order chi connectivity index (χ1) is 10.3. The zero-order valence-electron chi connectivity index (χ0n) is 12.5. The molecule has 1 saturated heterocycles. The van der Waals surface area contributed by atoms with Crippen LogP contribution in [0.1, 0.15) is 30.5 Å². The molecular formula is C16H20BrF3N2. The van der Waals surface area contributed by atoms with E-state index in [2.05, 4.69) is 32.7 Å². The molecule has 6 heteroatoms. The van der Waals surface area contributed by atoms with Gasteiger partial charge in [-0.2, -0.15) is 13.2 Å². The van der Waals surface area contributed by atoms with E-state index >= 15 is 0 Å². The summed E-state index contributed by atoms with van der Waals surface area (Å²) >= 11 is 3.21. The van der Waals surface area contributed by atoms with Crippen LogP contribution in [0.15, 0.2) is 34.8 Å². The Morgan fingerprint density at radius 3 is 2.50 bits per heavy atom. The molecule has 122 valence electrons. The number of piperazine rings is 1. The van der Waals surface area contributed by atoms with Crippen LogP contribution in [0.4, 0.5) is 13.2 Å². The Kier molecular flexibility index (Phi) is 5.69. The quantitative estimate of drug-likeness (QED) is 0.784. The molecule has 1 fully saturated rings. The van der Waals surface area contributed by atoms with Crippen LogP contribution in [-0.4, -0.2) is 31.1 Å². The molecule has 1 aromatic carbocycles. The Balaban J connectivity index is 2.37. The van der Waals surface area contributed by atoms with Crippen LogP contribution in [0.3, 0.4) is 0 Å². The summed E-state index contributed by atoms with van der Waals surface area (Å²) in [4.78, 5) is 2.23. The Morgan fingerprint density at radius 1 is 1.32 bits per heavy atom. The van der Waals surface area contributed by atoms with Crippen molar-refractivity contribution in [3.63, 3.8) is 0 Å². The average molecular weight is 377 g/mol. The van der Waals surface area contributed by atoms with Gasteiger partial charge in [0.05, 0.1) is 5.56 Å². The van der Waals surface area contributed by atoms with E-state index in [1.54, 1.807) is 6.07 Å². The molecule has 0 unspecified atom stereocenters. The van der Waals surface area contributed by atoms with Crippen LogP contribution >= 0.6 is 15.9 Å². The van der Waals surface area contributed by atoms with Gasteiger partial charge in [0.15, 0.2) is 0 Å². The van der Waals surface area contributed by atoms with Gasteiger partial charge in [-0.1, -0.05) is 21.5 Å². The topological polar surface area (TPSA) is 15.3 Å². The van der Waals surface area contributed by atoms with Gasteiger partial charge >= 0.3 is 6.18 Å². The third kappa shape index (κ3) is 4.57. The lowest BCUT2D eigenvalue weighted by molar-refractivity contribution is -0.137. The summed E-state index contributed by atoms with van der Waals surface area (Å²) < 4.78 is 39.6. The number of rotatable bonds is 4. The number of hydrogen-bond donors (Lipinski definition) is 1. The molecule has 2 rings (SSSR count). The van der Waals surface area contributed by atoms with E-state index in [9.17, 15) is 13.2 Å². The minimum atomic E-state index is -4.34. The second-order valence-electron chi connectivity index (χ2n) is 5.73. The lowest BCUT2D eigenvalue weighted by Crippen LogP contribution is -2.45. The van der Waals surface area contributed by atoms with Crippen molar-refractivity contribution in [2.45, 2.75) is 25.6 Å². The van der Waals surface area contributed by atoms with Crippen LogP contribution in [0.5, 0.6) is 0 Å². The van der Waals surface area contributed by atoms with Gasteiger partial charge in [0, 0.05) is 36.7 Å². The van der Waals surface area contributed by atoms with E-state index in [-0.39, 0.29) is 6.04 Å². The third-order valence-corrected chi connectivity index (χ3v) is 4.22. The monoisotopic (exact) mass is 376 g/mol. The van der Waals surface area contributed by atoms with Crippen molar-refractivity contribution in [3.05, 3.63) is 46.0 Å². The minimum absolute atomic E-state index is 0.0711. The van der Waals surface area contributed by atoms with Gasteiger partial charge < -0.3 is 5.32 Å². The molecule has 1 aromatic rings. The zero-order valence-corrected chi connectivity index (χ0v) is 14.1. The van der Waals surface area contributed by atoms with Gasteiger partial charge in [0.1, 0.15) is 0 Å². The summed E-state index contributed by atoms with van der Waals surface area (Å²) in [5.74, 6) is 0. The lowest BCUT2D eigenvalue weighted by Gasteiger charge is -2.35. The number of hydrogen-bond acceptors (Lipinski definition) is 2. The number of benzene rings is 1. The van der Waals surface area contributed by atoms with Crippen molar-refractivity contribution in [2.75, 3.05) is 26.2 Å². The van der Waals surface area contributed by atoms with Crippen molar-refractivity contribution in [3.8, 4) is 0 Å². The van der Waals surface area contributed by atoms with Gasteiger partial charge in [-0.3, -0.25) is 4.90 Å². The van der Waals surface area contributed by atoms with Crippen molar-refractivity contribution < 1.29 is 13.2 Å². The van der Waals surface area contributed by atoms with E-state index in [0.29, 0.717) is 16.5 Å². The fourth-order valence-electron chi connectivity index (χ4n) is 2.75. The molecule has 0 aromatic heterocycles. The smallest absolute Gasteiger partial charge is 0.314 e. The van der Waals surface area contributed by atoms with Gasteiger partial charge in [0.25, 0.3) is 0 Å². The first-order valence-corrected chi connectivity index (χ1v) is 8.03. The van der Waals surface area contributed by atoms with Gasteiger partial charge in [-0.15, -0.1) is 6.58 Å². The van der Waals surface area contributed by atoms with E-state index in [1.165, 1.54) is 6.07 Å². The fourth-order valence-corrected chi connectivity index (χ4v) is 3.26. The molecule has 1 aliphatic heterocycles. The van der Waals surface area contributed by atoms with Crippen molar-refractivity contribution >= 4 is 15.9 Å². The standard InChI is InChI=1S/C16H20BrF3N2/c1-11(2)7-15(22-5-3-21-4-6-22)12-8-13(16(18,19)20)10-14(17)9-12/h8-10,15,21H,1,3-7H2,2H3/t15-/m0/s1. The highest BCUT2D eigenvalue weighted by molar-refractivity contribution is 9.10. The number of nitrogens with one attached hydrogen (secondary N) is 1. The Labute approximate surface area is 137 Å². The second-order valence-corrected chi connectivity index (χ2v) is 6.65. The highest BCUT2D eigenvalue weighted by Gasteiger charge is 2.32. The molecule has 22 heavy (non-hydrogen) atoms. The Bertz CT molecular complexity index is 537. The molecule has 0 aliphatic carbocycles. The second kappa shape index (κ2) is 7.15. The van der Waals surface area contributed by atoms with E-state index in [1.807, 2.05) is 6.92 Å². The van der Waals surface area contributed by atoms with Gasteiger partial charge in [0.2, 0.25) is 0 Å². The summed E-state index contributed by atoms with van der Waals surface area (Å²) in [6, 6.07) is 4.10. The number of alkyl halides is 3. The summed E-state index contributed by atoms with van der Waals surface area (Å²) in [5, 5.41) is 3.27. The fraction of sp³-hybridized carbons (Fsp3) is 0.500. The minimum Gasteiger partial charge on any atom is -0.314 e. The van der Waals surface area contributed by atoms with Gasteiger partial charge in [-0.25, -0.2) is 0 Å². The van der Waals surface area contributed by atoms with Crippen LogP contribution in [0.2, 0.25) is 0 Å². The first kappa shape index (κ1) is 17.5. The summed E-state index contributed by atoms with van der Waals surface area (Å²) in [5.41, 5.74) is 1.04. The summed E-state index contributed by atoms with van der Waals surface area (Å²) in [6.45, 7) is 9.21. The largest absolute Gasteiger partial charge is 0.416 e. The van der Waals surface area contributed by atoms with Crippen molar-refractivity contribution in [1.29, 1.82) is 0 Å². The molecule has 1 heterocycles. The lowest BCUT2D eigenvalue weighted by atomic mass is 9.96. The molecule has 1 aliphatic rings. The van der Waals surface area contributed by atoms with Crippen LogP contribution in [0.25, 0.3) is 0 Å². The van der Waals surface area contributed by atoms with E-state index < -0.39 is 11.7 Å².